The summed E-state index contributed by atoms with van der Waals surface area (Å²) < 4.78 is 0. The van der Waals surface area contributed by atoms with Gasteiger partial charge in [0.15, 0.2) is 5.78 Å². The third kappa shape index (κ3) is 4.34. The first-order valence-corrected chi connectivity index (χ1v) is 6.57. The number of carbonyl (C=O) groups is 1. The number of ketones is 1. The predicted molar refractivity (Wildman–Crippen MR) is 81.2 cm³/mol. The van der Waals surface area contributed by atoms with Gasteiger partial charge < -0.3 is 5.73 Å². The molecule has 0 aliphatic carbocycles. The molecule has 2 aromatic carbocycles. The minimum atomic E-state index is 0.229. The molecule has 0 fully saturated rings. The highest BCUT2D eigenvalue weighted by atomic mass is 16.1. The third-order valence-electron chi connectivity index (χ3n) is 2.79. The van der Waals surface area contributed by atoms with Crippen LogP contribution in [0.15, 0.2) is 54.6 Å². The topological polar surface area (TPSA) is 43.1 Å². The van der Waals surface area contributed by atoms with Crippen LogP contribution in [0.5, 0.6) is 0 Å². The van der Waals surface area contributed by atoms with Crippen molar-refractivity contribution in [1.29, 1.82) is 0 Å². The lowest BCUT2D eigenvalue weighted by atomic mass is 10.0. The zero-order chi connectivity index (χ0) is 14.1. The minimum Gasteiger partial charge on any atom is -0.333 e. The maximum absolute atomic E-state index is 11.7. The first-order valence-electron chi connectivity index (χ1n) is 6.57. The van der Waals surface area contributed by atoms with E-state index in [0.29, 0.717) is 6.42 Å². The highest BCUT2D eigenvalue weighted by Crippen LogP contribution is 2.19. The van der Waals surface area contributed by atoms with Gasteiger partial charge in [-0.2, -0.15) is 0 Å². The Kier molecular flexibility index (Phi) is 6.55. The molecule has 19 heavy (non-hydrogen) atoms. The van der Waals surface area contributed by atoms with Gasteiger partial charge in [0.2, 0.25) is 0 Å². The van der Waals surface area contributed by atoms with Crippen molar-refractivity contribution in [3.8, 4) is 11.1 Å². The molecule has 2 rings (SSSR count). The Hall–Kier alpha value is -1.93. The molecule has 0 saturated carbocycles. The molecule has 2 N–H and O–H groups in total. The van der Waals surface area contributed by atoms with E-state index in [1.54, 1.807) is 0 Å². The molecule has 0 atom stereocenters. The smallest absolute Gasteiger partial charge is 0.162 e. The maximum atomic E-state index is 11.7. The molecular formula is C17H21NO. The molecule has 2 aromatic rings. The van der Waals surface area contributed by atoms with Crippen LogP contribution in [0, 0.1) is 0 Å². The molecule has 0 aliphatic heterocycles. The van der Waals surface area contributed by atoms with Gasteiger partial charge in [-0.25, -0.2) is 0 Å². The lowest BCUT2D eigenvalue weighted by Gasteiger charge is -2.03. The second kappa shape index (κ2) is 8.22. The average molecular weight is 255 g/mol. The molecule has 0 spiro atoms. The summed E-state index contributed by atoms with van der Waals surface area (Å²) in [6.07, 6.45) is 1.53. The van der Waals surface area contributed by atoms with Crippen molar-refractivity contribution >= 4 is 5.78 Å². The molecule has 0 heterocycles. The second-order valence-electron chi connectivity index (χ2n) is 4.12. The third-order valence-corrected chi connectivity index (χ3v) is 2.79. The molecule has 0 aliphatic rings. The van der Waals surface area contributed by atoms with Crippen LogP contribution >= 0.6 is 0 Å². The van der Waals surface area contributed by atoms with E-state index in [1.165, 1.54) is 12.6 Å². The Morgan fingerprint density at radius 3 is 1.95 bits per heavy atom. The molecule has 100 valence electrons. The van der Waals surface area contributed by atoms with Gasteiger partial charge in [-0.3, -0.25) is 4.79 Å². The molecule has 2 heteroatoms. The quantitative estimate of drug-likeness (QED) is 0.842. The fourth-order valence-electron chi connectivity index (χ4n) is 1.85. The van der Waals surface area contributed by atoms with Crippen LogP contribution in [0.25, 0.3) is 11.1 Å². The molecular weight excluding hydrogens is 234 g/mol. The number of hydrogen-bond donors (Lipinski definition) is 1. The second-order valence-corrected chi connectivity index (χ2v) is 4.12. The summed E-state index contributed by atoms with van der Waals surface area (Å²) in [5.41, 5.74) is 7.65. The summed E-state index contributed by atoms with van der Waals surface area (Å²) in [6, 6.07) is 18.0. The van der Waals surface area contributed by atoms with Gasteiger partial charge in [0.25, 0.3) is 0 Å². The molecule has 0 radical (unpaired) electrons. The van der Waals surface area contributed by atoms with E-state index < -0.39 is 0 Å². The monoisotopic (exact) mass is 255 g/mol. The van der Waals surface area contributed by atoms with Crippen molar-refractivity contribution in [2.24, 2.45) is 5.73 Å². The van der Waals surface area contributed by atoms with E-state index in [0.717, 1.165) is 17.5 Å². The average Bonchev–Trinajstić information content (AvgIpc) is 2.51. The molecule has 0 saturated heterocycles. The summed E-state index contributed by atoms with van der Waals surface area (Å²) in [7, 11) is 1.50. The lowest BCUT2D eigenvalue weighted by Crippen LogP contribution is -1.97. The van der Waals surface area contributed by atoms with E-state index in [-0.39, 0.29) is 5.78 Å². The fraction of sp³-hybridized carbons (Fsp3) is 0.235. The van der Waals surface area contributed by atoms with Crippen LogP contribution in [0.4, 0.5) is 0 Å². The molecule has 0 aromatic heterocycles. The van der Waals surface area contributed by atoms with Crippen molar-refractivity contribution in [2.45, 2.75) is 19.8 Å². The first kappa shape index (κ1) is 15.1. The van der Waals surface area contributed by atoms with Gasteiger partial charge in [-0.05, 0) is 24.6 Å². The highest BCUT2D eigenvalue weighted by molar-refractivity contribution is 5.96. The number of carbonyl (C=O) groups excluding carboxylic acids is 1. The van der Waals surface area contributed by atoms with Crippen LogP contribution in [-0.4, -0.2) is 12.8 Å². The summed E-state index contributed by atoms with van der Waals surface area (Å²) in [6.45, 7) is 2.02. The first-order chi connectivity index (χ1) is 9.31. The standard InChI is InChI=1S/C16H16O.CH5N/c1-2-6-16(17)15-11-9-14(10-12-15)13-7-4-3-5-8-13;1-2/h3-5,7-12H,2,6H2,1H3;2H2,1H3. The number of hydrogen-bond acceptors (Lipinski definition) is 2. The highest BCUT2D eigenvalue weighted by Gasteiger charge is 2.04. The van der Waals surface area contributed by atoms with E-state index >= 15 is 0 Å². The summed E-state index contributed by atoms with van der Waals surface area (Å²) >= 11 is 0. The van der Waals surface area contributed by atoms with Gasteiger partial charge in [-0.1, -0.05) is 61.5 Å². The fourth-order valence-corrected chi connectivity index (χ4v) is 1.85. The van der Waals surface area contributed by atoms with Crippen LogP contribution in [0.1, 0.15) is 30.1 Å². The van der Waals surface area contributed by atoms with Crippen molar-refractivity contribution in [3.63, 3.8) is 0 Å². The SMILES string of the molecule is CCCC(=O)c1ccc(-c2ccccc2)cc1.CN. The van der Waals surface area contributed by atoms with Crippen molar-refractivity contribution in [2.75, 3.05) is 7.05 Å². The minimum absolute atomic E-state index is 0.229. The zero-order valence-electron chi connectivity index (χ0n) is 11.6. The Morgan fingerprint density at radius 1 is 0.895 bits per heavy atom. The molecule has 0 unspecified atom stereocenters. The van der Waals surface area contributed by atoms with E-state index in [1.807, 2.05) is 49.4 Å². The number of benzene rings is 2. The van der Waals surface area contributed by atoms with Gasteiger partial charge >= 0.3 is 0 Å². The van der Waals surface area contributed by atoms with Gasteiger partial charge in [0.05, 0.1) is 0 Å². The summed E-state index contributed by atoms with van der Waals surface area (Å²) in [4.78, 5) is 11.7. The number of Topliss-reactive ketones (excluding diaryl/α,β-unsaturated/α-hetero) is 1. The Bertz CT molecular complexity index is 488. The number of rotatable bonds is 4. The van der Waals surface area contributed by atoms with Crippen LogP contribution in [0.2, 0.25) is 0 Å². The van der Waals surface area contributed by atoms with Gasteiger partial charge in [-0.15, -0.1) is 0 Å². The lowest BCUT2D eigenvalue weighted by molar-refractivity contribution is 0.0982. The summed E-state index contributed by atoms with van der Waals surface area (Å²) in [5.74, 6) is 0.229. The van der Waals surface area contributed by atoms with E-state index in [4.69, 9.17) is 0 Å². The van der Waals surface area contributed by atoms with Crippen molar-refractivity contribution in [1.82, 2.24) is 0 Å². The van der Waals surface area contributed by atoms with Crippen molar-refractivity contribution in [3.05, 3.63) is 60.2 Å². The number of nitrogens with two attached hydrogens (primary N) is 1. The van der Waals surface area contributed by atoms with Crippen molar-refractivity contribution < 1.29 is 4.79 Å². The van der Waals surface area contributed by atoms with Crippen LogP contribution in [0.3, 0.4) is 0 Å². The largest absolute Gasteiger partial charge is 0.333 e. The molecule has 0 bridgehead atoms. The molecule has 2 nitrogen and oxygen atoms in total. The van der Waals surface area contributed by atoms with E-state index in [2.05, 4.69) is 17.9 Å². The predicted octanol–water partition coefficient (Wildman–Crippen LogP) is 3.91. The Balaban J connectivity index is 0.000000861. The zero-order valence-corrected chi connectivity index (χ0v) is 11.6. The summed E-state index contributed by atoms with van der Waals surface area (Å²) in [5, 5.41) is 0. The van der Waals surface area contributed by atoms with Gasteiger partial charge in [0.1, 0.15) is 0 Å². The molecule has 0 amide bonds. The van der Waals surface area contributed by atoms with E-state index in [9.17, 15) is 4.79 Å². The Labute approximate surface area is 115 Å². The Morgan fingerprint density at radius 2 is 1.42 bits per heavy atom. The van der Waals surface area contributed by atoms with Crippen LogP contribution in [-0.2, 0) is 0 Å². The normalized spacial score (nSPS) is 9.42. The maximum Gasteiger partial charge on any atom is 0.162 e. The van der Waals surface area contributed by atoms with Crippen LogP contribution < -0.4 is 5.73 Å². The van der Waals surface area contributed by atoms with Gasteiger partial charge in [0, 0.05) is 12.0 Å².